The number of nitrogens with zero attached hydrogens (tertiary/aromatic N) is 2. The third kappa shape index (κ3) is 2.81. The summed E-state index contributed by atoms with van der Waals surface area (Å²) in [6.07, 6.45) is 0.865. The Balaban J connectivity index is 2.98. The zero-order valence-electron chi connectivity index (χ0n) is 9.45. The second kappa shape index (κ2) is 4.94. The van der Waals surface area contributed by atoms with Gasteiger partial charge in [-0.25, -0.2) is 15.8 Å². The first-order valence-electron chi connectivity index (χ1n) is 4.82. The summed E-state index contributed by atoms with van der Waals surface area (Å²) >= 11 is 3.33. The molecular weight excluding hydrogens is 274 g/mol. The van der Waals surface area contributed by atoms with Crippen LogP contribution in [0.4, 0.5) is 11.6 Å². The smallest absolute Gasteiger partial charge is 0.159 e. The predicted octanol–water partition coefficient (Wildman–Crippen LogP) is 1.10. The van der Waals surface area contributed by atoms with Gasteiger partial charge < -0.3 is 15.8 Å². The fourth-order valence-corrected chi connectivity index (χ4v) is 1.39. The molecule has 1 atom stereocenters. The van der Waals surface area contributed by atoms with Crippen LogP contribution in [0.3, 0.4) is 0 Å². The minimum absolute atomic E-state index is 0.485. The molecule has 1 aromatic rings. The number of halogens is 1. The molecule has 0 aromatic carbocycles. The summed E-state index contributed by atoms with van der Waals surface area (Å²) in [5.41, 5.74) is 1.95. The van der Waals surface area contributed by atoms with Crippen LogP contribution < -0.4 is 16.6 Å². The van der Waals surface area contributed by atoms with Gasteiger partial charge in [-0.05, 0) is 36.7 Å². The number of aromatic nitrogens is 2. The first-order chi connectivity index (χ1) is 7.38. The Morgan fingerprint density at radius 3 is 2.50 bits per heavy atom. The Kier molecular flexibility index (Phi) is 4.06. The van der Waals surface area contributed by atoms with Crippen LogP contribution in [0, 0.1) is 0 Å². The summed E-state index contributed by atoms with van der Waals surface area (Å²) < 4.78 is 0.631. The molecule has 0 aliphatic carbocycles. The average Bonchev–Trinajstić information content (AvgIpc) is 2.20. The number of hydrogen-bond donors (Lipinski definition) is 4. The quantitative estimate of drug-likeness (QED) is 0.490. The molecule has 0 spiro atoms. The van der Waals surface area contributed by atoms with Crippen LogP contribution in [0.15, 0.2) is 10.8 Å². The van der Waals surface area contributed by atoms with E-state index in [1.165, 1.54) is 6.33 Å². The number of anilines is 2. The van der Waals surface area contributed by atoms with E-state index in [0.717, 1.165) is 0 Å². The molecule has 0 fully saturated rings. The summed E-state index contributed by atoms with van der Waals surface area (Å²) in [6.45, 7) is 5.47. The maximum Gasteiger partial charge on any atom is 0.159 e. The van der Waals surface area contributed by atoms with Crippen molar-refractivity contribution >= 4 is 27.6 Å². The maximum absolute atomic E-state index is 9.60. The molecule has 0 aliphatic rings. The SMILES string of the molecule is CC(O)C(C)(C)Nc1ncnc(NN)c1Br. The zero-order chi connectivity index (χ0) is 12.3. The Morgan fingerprint density at radius 1 is 1.44 bits per heavy atom. The van der Waals surface area contributed by atoms with E-state index in [1.807, 2.05) is 13.8 Å². The lowest BCUT2D eigenvalue weighted by molar-refractivity contribution is 0.133. The van der Waals surface area contributed by atoms with E-state index in [-0.39, 0.29) is 0 Å². The lowest BCUT2D eigenvalue weighted by Gasteiger charge is -2.30. The van der Waals surface area contributed by atoms with E-state index in [9.17, 15) is 5.11 Å². The molecule has 0 bridgehead atoms. The molecule has 0 amide bonds. The largest absolute Gasteiger partial charge is 0.391 e. The van der Waals surface area contributed by atoms with E-state index in [1.54, 1.807) is 6.92 Å². The van der Waals surface area contributed by atoms with Gasteiger partial charge in [0, 0.05) is 0 Å². The highest BCUT2D eigenvalue weighted by atomic mass is 79.9. The van der Waals surface area contributed by atoms with Crippen LogP contribution in [0.25, 0.3) is 0 Å². The minimum atomic E-state index is -0.524. The Morgan fingerprint density at radius 2 is 2.00 bits per heavy atom. The van der Waals surface area contributed by atoms with Crippen molar-refractivity contribution in [3.05, 3.63) is 10.8 Å². The van der Waals surface area contributed by atoms with Crippen molar-refractivity contribution in [1.29, 1.82) is 0 Å². The molecule has 5 N–H and O–H groups in total. The van der Waals surface area contributed by atoms with Gasteiger partial charge in [0.15, 0.2) is 5.82 Å². The van der Waals surface area contributed by atoms with Crippen LogP contribution in [-0.4, -0.2) is 26.7 Å². The average molecular weight is 290 g/mol. The standard InChI is InChI=1S/C9H16BrN5O/c1-5(16)9(2,3)14-7-6(10)8(15-11)13-4-12-7/h4-5,16H,11H2,1-3H3,(H2,12,13,14,15). The normalized spacial score (nSPS) is 13.4. The minimum Gasteiger partial charge on any atom is -0.391 e. The van der Waals surface area contributed by atoms with Crippen LogP contribution >= 0.6 is 15.9 Å². The molecule has 90 valence electrons. The van der Waals surface area contributed by atoms with Crippen LogP contribution in [0.5, 0.6) is 0 Å². The Hall–Kier alpha value is -0.920. The van der Waals surface area contributed by atoms with Gasteiger partial charge in [-0.2, -0.15) is 0 Å². The molecule has 7 heteroatoms. The van der Waals surface area contributed by atoms with E-state index >= 15 is 0 Å². The van der Waals surface area contributed by atoms with Gasteiger partial charge in [-0.15, -0.1) is 0 Å². The van der Waals surface area contributed by atoms with E-state index in [4.69, 9.17) is 5.84 Å². The number of rotatable bonds is 4. The topological polar surface area (TPSA) is 96.1 Å². The first-order valence-corrected chi connectivity index (χ1v) is 5.61. The summed E-state index contributed by atoms with van der Waals surface area (Å²) in [7, 11) is 0. The Labute approximate surface area is 103 Å². The molecule has 0 radical (unpaired) electrons. The predicted molar refractivity (Wildman–Crippen MR) is 66.9 cm³/mol. The third-order valence-corrected chi connectivity index (χ3v) is 3.16. The number of hydrazine groups is 1. The van der Waals surface area contributed by atoms with Crippen molar-refractivity contribution in [3.63, 3.8) is 0 Å². The monoisotopic (exact) mass is 289 g/mol. The number of aliphatic hydroxyl groups excluding tert-OH is 1. The first kappa shape index (κ1) is 13.1. The molecular formula is C9H16BrN5O. The van der Waals surface area contributed by atoms with Crippen molar-refractivity contribution in [1.82, 2.24) is 9.97 Å². The van der Waals surface area contributed by atoms with Gasteiger partial charge in [0.05, 0.1) is 11.6 Å². The van der Waals surface area contributed by atoms with Crippen LogP contribution in [-0.2, 0) is 0 Å². The van der Waals surface area contributed by atoms with Crippen LogP contribution in [0.1, 0.15) is 20.8 Å². The zero-order valence-corrected chi connectivity index (χ0v) is 11.0. The highest BCUT2D eigenvalue weighted by molar-refractivity contribution is 9.10. The second-order valence-corrected chi connectivity index (χ2v) is 4.84. The van der Waals surface area contributed by atoms with Gasteiger partial charge in [-0.3, -0.25) is 0 Å². The van der Waals surface area contributed by atoms with Gasteiger partial charge in [-0.1, -0.05) is 0 Å². The molecule has 16 heavy (non-hydrogen) atoms. The number of nitrogens with two attached hydrogens (primary N) is 1. The number of aliphatic hydroxyl groups is 1. The highest BCUT2D eigenvalue weighted by Crippen LogP contribution is 2.28. The maximum atomic E-state index is 9.60. The molecule has 6 nitrogen and oxygen atoms in total. The van der Waals surface area contributed by atoms with Gasteiger partial charge in [0.25, 0.3) is 0 Å². The second-order valence-electron chi connectivity index (χ2n) is 4.05. The number of nitrogens with one attached hydrogen (secondary N) is 2. The summed E-state index contributed by atoms with van der Waals surface area (Å²) in [6, 6.07) is 0. The summed E-state index contributed by atoms with van der Waals surface area (Å²) in [4.78, 5) is 8.01. The van der Waals surface area contributed by atoms with Crippen molar-refractivity contribution in [2.45, 2.75) is 32.4 Å². The lowest BCUT2D eigenvalue weighted by Crippen LogP contribution is -2.42. The summed E-state index contributed by atoms with van der Waals surface area (Å²) in [5, 5.41) is 12.7. The van der Waals surface area contributed by atoms with Gasteiger partial charge >= 0.3 is 0 Å². The van der Waals surface area contributed by atoms with Crippen molar-refractivity contribution in [3.8, 4) is 0 Å². The van der Waals surface area contributed by atoms with Crippen LogP contribution in [0.2, 0.25) is 0 Å². The fourth-order valence-electron chi connectivity index (χ4n) is 0.967. The number of hydrogen-bond acceptors (Lipinski definition) is 6. The molecule has 1 unspecified atom stereocenters. The van der Waals surface area contributed by atoms with Gasteiger partial charge in [0.2, 0.25) is 0 Å². The summed E-state index contributed by atoms with van der Waals surface area (Å²) in [5.74, 6) is 6.36. The third-order valence-electron chi connectivity index (χ3n) is 2.41. The van der Waals surface area contributed by atoms with Crippen molar-refractivity contribution < 1.29 is 5.11 Å². The number of nitrogen functional groups attached to an aromatic ring is 1. The molecule has 1 heterocycles. The Bertz CT molecular complexity index is 369. The van der Waals surface area contributed by atoms with Crippen molar-refractivity contribution in [2.24, 2.45) is 5.84 Å². The highest BCUT2D eigenvalue weighted by Gasteiger charge is 2.25. The molecule has 0 saturated heterocycles. The van der Waals surface area contributed by atoms with E-state index < -0.39 is 11.6 Å². The molecule has 1 aromatic heterocycles. The molecule has 1 rings (SSSR count). The van der Waals surface area contributed by atoms with E-state index in [0.29, 0.717) is 16.1 Å². The fraction of sp³-hybridized carbons (Fsp3) is 0.556. The molecule has 0 aliphatic heterocycles. The molecule has 0 saturated carbocycles. The van der Waals surface area contributed by atoms with E-state index in [2.05, 4.69) is 36.6 Å². The lowest BCUT2D eigenvalue weighted by atomic mass is 9.99. The van der Waals surface area contributed by atoms with Gasteiger partial charge in [0.1, 0.15) is 16.6 Å². The van der Waals surface area contributed by atoms with Crippen molar-refractivity contribution in [2.75, 3.05) is 10.7 Å².